The lowest BCUT2D eigenvalue weighted by Crippen LogP contribution is -2.44. The zero-order valence-electron chi connectivity index (χ0n) is 10.1. The minimum Gasteiger partial charge on any atom is -0.385 e. The van der Waals surface area contributed by atoms with Gasteiger partial charge in [0, 0.05) is 13.1 Å². The molecule has 1 atom stereocenters. The van der Waals surface area contributed by atoms with Crippen molar-refractivity contribution in [2.24, 2.45) is 0 Å². The smallest absolute Gasteiger partial charge is 0.321 e. The van der Waals surface area contributed by atoms with Crippen LogP contribution in [-0.4, -0.2) is 30.7 Å². The maximum absolute atomic E-state index is 10.7. The van der Waals surface area contributed by atoms with Gasteiger partial charge in [-0.1, -0.05) is 31.1 Å². The maximum Gasteiger partial charge on any atom is 0.321 e. The van der Waals surface area contributed by atoms with E-state index in [4.69, 9.17) is 4.76 Å². The molecule has 5 heteroatoms. The van der Waals surface area contributed by atoms with Gasteiger partial charge in [-0.2, -0.15) is 0 Å². The zero-order chi connectivity index (χ0) is 12.3. The Bertz CT molecular complexity index is 381. The molecule has 1 aliphatic rings. The van der Waals surface area contributed by atoms with Crippen molar-refractivity contribution in [3.8, 4) is 0 Å². The molecule has 1 radical (unpaired) electrons. The number of piperidine rings is 1. The van der Waals surface area contributed by atoms with Crippen LogP contribution in [0.1, 0.15) is 18.4 Å². The number of rotatable bonds is 3. The molecule has 3 nitrogen and oxygen atoms in total. The molecular weight excluding hydrogens is 232 g/mol. The van der Waals surface area contributed by atoms with Crippen molar-refractivity contribution < 1.29 is 9.86 Å². The van der Waals surface area contributed by atoms with E-state index >= 15 is 0 Å². The lowest BCUT2D eigenvalue weighted by atomic mass is 9.85. The summed E-state index contributed by atoms with van der Waals surface area (Å²) < 4.78 is 5.33. The third-order valence-electron chi connectivity index (χ3n) is 3.27. The van der Waals surface area contributed by atoms with Gasteiger partial charge < -0.3 is 9.86 Å². The van der Waals surface area contributed by atoms with Crippen molar-refractivity contribution in [3.05, 3.63) is 29.8 Å². The maximum atomic E-state index is 10.7. The van der Waals surface area contributed by atoms with Crippen LogP contribution in [0, 0.1) is 0 Å². The molecule has 91 valence electrons. The Morgan fingerprint density at radius 2 is 2.00 bits per heavy atom. The van der Waals surface area contributed by atoms with Crippen molar-refractivity contribution in [2.75, 3.05) is 13.1 Å². The normalized spacial score (nSPS) is 20.2. The summed E-state index contributed by atoms with van der Waals surface area (Å²) in [4.78, 5) is 0. The summed E-state index contributed by atoms with van der Waals surface area (Å²) in [5, 5.41) is 13.7. The van der Waals surface area contributed by atoms with Gasteiger partial charge in [0.1, 0.15) is 0 Å². The largest absolute Gasteiger partial charge is 0.385 e. The Labute approximate surface area is 106 Å². The second-order valence-corrected chi connectivity index (χ2v) is 5.01. The summed E-state index contributed by atoms with van der Waals surface area (Å²) in [5.74, 6) is 0. The Morgan fingerprint density at radius 1 is 1.35 bits per heavy atom. The highest BCUT2D eigenvalue weighted by atomic mass is 31.0. The summed E-state index contributed by atoms with van der Waals surface area (Å²) in [6.07, 6.45) is 1.40. The highest BCUT2D eigenvalue weighted by Crippen LogP contribution is 2.32. The SMILES string of the molecule is C[B]ON1CCC(O)(c2ccccc2P)CC1. The Balaban J connectivity index is 2.10. The van der Waals surface area contributed by atoms with Gasteiger partial charge in [-0.15, -0.1) is 9.24 Å². The van der Waals surface area contributed by atoms with Gasteiger partial charge in [0.2, 0.25) is 0 Å². The predicted octanol–water partition coefficient (Wildman–Crippen LogP) is 1.07. The van der Waals surface area contributed by atoms with E-state index < -0.39 is 5.60 Å². The fourth-order valence-electron chi connectivity index (χ4n) is 2.30. The zero-order valence-corrected chi connectivity index (χ0v) is 11.2. The second kappa shape index (κ2) is 5.49. The summed E-state index contributed by atoms with van der Waals surface area (Å²) >= 11 is 0. The van der Waals surface area contributed by atoms with Crippen LogP contribution in [0.3, 0.4) is 0 Å². The van der Waals surface area contributed by atoms with Gasteiger partial charge >= 0.3 is 7.48 Å². The monoisotopic (exact) mass is 250 g/mol. The Kier molecular flexibility index (Phi) is 4.21. The minimum atomic E-state index is -0.716. The lowest BCUT2D eigenvalue weighted by molar-refractivity contribution is -0.126. The van der Waals surface area contributed by atoms with E-state index in [0.717, 1.165) is 24.0 Å². The van der Waals surface area contributed by atoms with E-state index in [9.17, 15) is 5.11 Å². The van der Waals surface area contributed by atoms with Crippen LogP contribution >= 0.6 is 9.24 Å². The number of hydrogen-bond donors (Lipinski definition) is 1. The quantitative estimate of drug-likeness (QED) is 0.643. The molecule has 0 spiro atoms. The standard InChI is InChI=1S/C12H18BNO2P/c1-13-16-14-8-6-12(15,7-9-14)10-4-2-3-5-11(10)17/h2-5,15H,6-9,17H2,1H3. The molecule has 1 saturated heterocycles. The summed E-state index contributed by atoms with van der Waals surface area (Å²) in [6.45, 7) is 3.36. The van der Waals surface area contributed by atoms with Crippen molar-refractivity contribution in [1.82, 2.24) is 5.06 Å². The molecule has 1 heterocycles. The van der Waals surface area contributed by atoms with Crippen molar-refractivity contribution in [2.45, 2.75) is 25.3 Å². The highest BCUT2D eigenvalue weighted by molar-refractivity contribution is 7.27. The Morgan fingerprint density at radius 3 is 2.59 bits per heavy atom. The number of hydrogen-bond acceptors (Lipinski definition) is 3. The number of nitrogens with zero attached hydrogens (tertiary/aromatic N) is 1. The summed E-state index contributed by atoms with van der Waals surface area (Å²) in [7, 11) is 4.37. The van der Waals surface area contributed by atoms with Crippen LogP contribution < -0.4 is 5.30 Å². The molecule has 0 aromatic heterocycles. The molecule has 2 rings (SSSR count). The number of aliphatic hydroxyl groups is 1. The molecule has 0 aliphatic carbocycles. The fourth-order valence-corrected chi connectivity index (χ4v) is 2.78. The van der Waals surface area contributed by atoms with Crippen LogP contribution in [0.2, 0.25) is 6.82 Å². The molecule has 17 heavy (non-hydrogen) atoms. The van der Waals surface area contributed by atoms with E-state index in [0.29, 0.717) is 12.8 Å². The van der Waals surface area contributed by atoms with Crippen LogP contribution in [-0.2, 0) is 10.4 Å². The van der Waals surface area contributed by atoms with E-state index in [1.165, 1.54) is 0 Å². The van der Waals surface area contributed by atoms with Crippen molar-refractivity contribution in [3.63, 3.8) is 0 Å². The molecule has 0 saturated carbocycles. The van der Waals surface area contributed by atoms with Gasteiger partial charge in [0.25, 0.3) is 0 Å². The molecule has 0 bridgehead atoms. The second-order valence-electron chi connectivity index (χ2n) is 4.39. The first-order valence-electron chi connectivity index (χ1n) is 5.92. The van der Waals surface area contributed by atoms with Crippen molar-refractivity contribution in [1.29, 1.82) is 0 Å². The van der Waals surface area contributed by atoms with E-state index in [-0.39, 0.29) is 0 Å². The van der Waals surface area contributed by atoms with Gasteiger partial charge in [-0.3, -0.25) is 0 Å². The van der Waals surface area contributed by atoms with Crippen molar-refractivity contribution >= 4 is 22.0 Å². The minimum absolute atomic E-state index is 0.701. The Hall–Kier alpha value is -0.405. The lowest BCUT2D eigenvalue weighted by Gasteiger charge is -2.38. The van der Waals surface area contributed by atoms with E-state index in [2.05, 4.69) is 9.24 Å². The molecule has 1 N–H and O–H groups in total. The molecular formula is C12H18BNO2P. The first-order chi connectivity index (χ1) is 8.15. The van der Waals surface area contributed by atoms with Crippen LogP contribution in [0.15, 0.2) is 24.3 Å². The molecule has 0 amide bonds. The third-order valence-corrected chi connectivity index (χ3v) is 3.77. The van der Waals surface area contributed by atoms with E-state index in [1.54, 1.807) is 7.48 Å². The third kappa shape index (κ3) is 2.89. The van der Waals surface area contributed by atoms with Gasteiger partial charge in [-0.25, -0.2) is 5.06 Å². The molecule has 1 aromatic carbocycles. The topological polar surface area (TPSA) is 32.7 Å². The summed E-state index contributed by atoms with van der Waals surface area (Å²) in [6, 6.07) is 7.98. The predicted molar refractivity (Wildman–Crippen MR) is 73.2 cm³/mol. The van der Waals surface area contributed by atoms with Crippen LogP contribution in [0.4, 0.5) is 0 Å². The average molecular weight is 250 g/mol. The summed E-state index contributed by atoms with van der Waals surface area (Å²) in [5.41, 5.74) is 0.302. The van der Waals surface area contributed by atoms with Gasteiger partial charge in [0.15, 0.2) is 0 Å². The first kappa shape index (κ1) is 13.0. The molecule has 1 aliphatic heterocycles. The van der Waals surface area contributed by atoms with Gasteiger partial charge in [0.05, 0.1) is 5.60 Å². The highest BCUT2D eigenvalue weighted by Gasteiger charge is 2.35. The number of hydroxylamine groups is 2. The molecule has 1 fully saturated rings. The van der Waals surface area contributed by atoms with Crippen LogP contribution in [0.25, 0.3) is 0 Å². The first-order valence-corrected chi connectivity index (χ1v) is 6.50. The fraction of sp³-hybridized carbons (Fsp3) is 0.500. The molecule has 1 unspecified atom stereocenters. The van der Waals surface area contributed by atoms with Gasteiger partial charge in [-0.05, 0) is 23.7 Å². The molecule has 1 aromatic rings. The number of benzene rings is 1. The van der Waals surface area contributed by atoms with Crippen LogP contribution in [0.5, 0.6) is 0 Å². The average Bonchev–Trinajstić information content (AvgIpc) is 2.33. The van der Waals surface area contributed by atoms with E-state index in [1.807, 2.05) is 36.2 Å².